The number of hydrogen-bond donors (Lipinski definition) is 2. The molecule has 0 aromatic rings. The van der Waals surface area contributed by atoms with Crippen LogP contribution in [0.15, 0.2) is 0 Å². The Kier molecular flexibility index (Phi) is 6.44. The van der Waals surface area contributed by atoms with Crippen LogP contribution in [0, 0.1) is 11.8 Å². The highest BCUT2D eigenvalue weighted by Crippen LogP contribution is 2.28. The van der Waals surface area contributed by atoms with Crippen LogP contribution in [0.5, 0.6) is 0 Å². The van der Waals surface area contributed by atoms with Crippen molar-refractivity contribution in [3.8, 4) is 0 Å². The highest BCUT2D eigenvalue weighted by Gasteiger charge is 2.27. The van der Waals surface area contributed by atoms with Gasteiger partial charge in [-0.3, -0.25) is 4.79 Å². The first kappa shape index (κ1) is 15.8. The smallest absolute Gasteiger partial charge is 0.237 e. The molecule has 0 bridgehead atoms. The van der Waals surface area contributed by atoms with Crippen molar-refractivity contribution in [1.29, 1.82) is 0 Å². The molecule has 2 unspecified atom stereocenters. The van der Waals surface area contributed by atoms with Gasteiger partial charge in [0.15, 0.2) is 0 Å². The Balaban J connectivity index is 0.00000162. The van der Waals surface area contributed by atoms with E-state index >= 15 is 0 Å². The lowest BCUT2D eigenvalue weighted by molar-refractivity contribution is -0.124. The van der Waals surface area contributed by atoms with E-state index in [0.717, 1.165) is 37.6 Å². The third-order valence-corrected chi connectivity index (χ3v) is 4.15. The van der Waals surface area contributed by atoms with Gasteiger partial charge < -0.3 is 10.6 Å². The third kappa shape index (κ3) is 4.43. The molecule has 106 valence electrons. The van der Waals surface area contributed by atoms with E-state index in [-0.39, 0.29) is 24.4 Å². The molecule has 3 atom stereocenters. The summed E-state index contributed by atoms with van der Waals surface area (Å²) in [4.78, 5) is 12.1. The summed E-state index contributed by atoms with van der Waals surface area (Å²) in [7, 11) is 0. The first-order valence-corrected chi connectivity index (χ1v) is 7.19. The second-order valence-corrected chi connectivity index (χ2v) is 6.13. The molecule has 1 saturated heterocycles. The molecule has 0 aromatic carbocycles. The van der Waals surface area contributed by atoms with Gasteiger partial charge in [-0.2, -0.15) is 0 Å². The summed E-state index contributed by atoms with van der Waals surface area (Å²) in [5.74, 6) is 1.74. The van der Waals surface area contributed by atoms with Crippen LogP contribution in [0.2, 0.25) is 0 Å². The maximum absolute atomic E-state index is 12.1. The van der Waals surface area contributed by atoms with Gasteiger partial charge in [0, 0.05) is 6.04 Å². The summed E-state index contributed by atoms with van der Waals surface area (Å²) in [6, 6.07) is 0.473. The van der Waals surface area contributed by atoms with Crippen molar-refractivity contribution in [2.75, 3.05) is 6.54 Å². The molecule has 18 heavy (non-hydrogen) atoms. The number of carbonyl (C=O) groups is 1. The lowest BCUT2D eigenvalue weighted by atomic mass is 9.80. The van der Waals surface area contributed by atoms with Crippen molar-refractivity contribution in [1.82, 2.24) is 10.6 Å². The topological polar surface area (TPSA) is 41.1 Å². The SMILES string of the molecule is CC1CC(C)CC(NC(=O)[C@@H]2CCCCN2)C1.Cl. The van der Waals surface area contributed by atoms with Gasteiger partial charge in [0.2, 0.25) is 5.91 Å². The van der Waals surface area contributed by atoms with Gasteiger partial charge in [0.05, 0.1) is 6.04 Å². The molecule has 2 rings (SSSR count). The maximum Gasteiger partial charge on any atom is 0.237 e. The lowest BCUT2D eigenvalue weighted by Gasteiger charge is -2.33. The van der Waals surface area contributed by atoms with Gasteiger partial charge in [0.1, 0.15) is 0 Å². The molecule has 1 amide bonds. The first-order valence-electron chi connectivity index (χ1n) is 7.19. The molecule has 2 N–H and O–H groups in total. The number of carbonyl (C=O) groups excluding carboxylic acids is 1. The molecular formula is C14H27ClN2O. The van der Waals surface area contributed by atoms with Crippen LogP contribution in [0.25, 0.3) is 0 Å². The lowest BCUT2D eigenvalue weighted by Crippen LogP contribution is -2.50. The molecule has 0 radical (unpaired) electrons. The number of halogens is 1. The van der Waals surface area contributed by atoms with Gasteiger partial charge in [-0.1, -0.05) is 20.3 Å². The average Bonchev–Trinajstić information content (AvgIpc) is 2.28. The van der Waals surface area contributed by atoms with Crippen LogP contribution >= 0.6 is 12.4 Å². The van der Waals surface area contributed by atoms with Gasteiger partial charge in [-0.25, -0.2) is 0 Å². The average molecular weight is 275 g/mol. The molecule has 1 saturated carbocycles. The van der Waals surface area contributed by atoms with Crippen LogP contribution < -0.4 is 10.6 Å². The fourth-order valence-corrected chi connectivity index (χ4v) is 3.44. The van der Waals surface area contributed by atoms with Crippen LogP contribution in [0.4, 0.5) is 0 Å². The van der Waals surface area contributed by atoms with Crippen LogP contribution in [-0.2, 0) is 4.79 Å². The molecule has 1 aliphatic carbocycles. The van der Waals surface area contributed by atoms with Crippen molar-refractivity contribution in [2.24, 2.45) is 11.8 Å². The maximum atomic E-state index is 12.1. The van der Waals surface area contributed by atoms with E-state index in [1.54, 1.807) is 0 Å². The highest BCUT2D eigenvalue weighted by molar-refractivity contribution is 5.85. The van der Waals surface area contributed by atoms with Gasteiger partial charge >= 0.3 is 0 Å². The second-order valence-electron chi connectivity index (χ2n) is 6.13. The zero-order chi connectivity index (χ0) is 12.3. The summed E-state index contributed by atoms with van der Waals surface area (Å²) in [5, 5.41) is 6.57. The molecule has 1 heterocycles. The minimum Gasteiger partial charge on any atom is -0.352 e. The highest BCUT2D eigenvalue weighted by atomic mass is 35.5. The van der Waals surface area contributed by atoms with Crippen molar-refractivity contribution in [3.05, 3.63) is 0 Å². The third-order valence-electron chi connectivity index (χ3n) is 4.15. The summed E-state index contributed by atoms with van der Waals surface area (Å²) in [6.07, 6.45) is 7.02. The molecule has 2 fully saturated rings. The quantitative estimate of drug-likeness (QED) is 0.812. The molecular weight excluding hydrogens is 248 g/mol. The summed E-state index contributed by atoms with van der Waals surface area (Å²) < 4.78 is 0. The van der Waals surface area contributed by atoms with E-state index in [9.17, 15) is 4.79 Å². The van der Waals surface area contributed by atoms with E-state index in [4.69, 9.17) is 0 Å². The van der Waals surface area contributed by atoms with Gasteiger partial charge in [-0.15, -0.1) is 12.4 Å². The first-order chi connectivity index (χ1) is 8.15. The number of rotatable bonds is 2. The van der Waals surface area contributed by atoms with E-state index < -0.39 is 0 Å². The number of amides is 1. The molecule has 3 nitrogen and oxygen atoms in total. The summed E-state index contributed by atoms with van der Waals surface area (Å²) >= 11 is 0. The zero-order valence-electron chi connectivity index (χ0n) is 11.6. The second kappa shape index (κ2) is 7.34. The van der Waals surface area contributed by atoms with Crippen molar-refractivity contribution in [2.45, 2.75) is 64.5 Å². The largest absolute Gasteiger partial charge is 0.352 e. The standard InChI is InChI=1S/C14H26N2O.ClH/c1-10-7-11(2)9-12(8-10)16-14(17)13-5-3-4-6-15-13;/h10-13,15H,3-9H2,1-2H3,(H,16,17);1H/t10?,11?,12?,13-;/m0./s1. The molecule has 1 aliphatic heterocycles. The Morgan fingerprint density at radius 2 is 1.78 bits per heavy atom. The van der Waals surface area contributed by atoms with E-state index in [2.05, 4.69) is 24.5 Å². The van der Waals surface area contributed by atoms with Crippen molar-refractivity contribution in [3.63, 3.8) is 0 Å². The summed E-state index contributed by atoms with van der Waals surface area (Å²) in [6.45, 7) is 5.59. The molecule has 0 aromatic heterocycles. The van der Waals surface area contributed by atoms with E-state index in [0.29, 0.717) is 6.04 Å². The van der Waals surface area contributed by atoms with E-state index in [1.165, 1.54) is 19.3 Å². The Morgan fingerprint density at radius 3 is 2.33 bits per heavy atom. The van der Waals surface area contributed by atoms with E-state index in [1.807, 2.05) is 0 Å². The van der Waals surface area contributed by atoms with Crippen LogP contribution in [-0.4, -0.2) is 24.5 Å². The Bertz CT molecular complexity index is 257. The predicted molar refractivity (Wildman–Crippen MR) is 77.0 cm³/mol. The van der Waals surface area contributed by atoms with Gasteiger partial charge in [-0.05, 0) is 50.5 Å². The van der Waals surface area contributed by atoms with Crippen LogP contribution in [0.3, 0.4) is 0 Å². The minimum absolute atomic E-state index is 0. The number of piperidine rings is 1. The molecule has 2 aliphatic rings. The fraction of sp³-hybridized carbons (Fsp3) is 0.929. The zero-order valence-corrected chi connectivity index (χ0v) is 12.4. The molecule has 0 spiro atoms. The predicted octanol–water partition coefficient (Wildman–Crippen LogP) is 2.49. The fourth-order valence-electron chi connectivity index (χ4n) is 3.44. The Labute approximate surface area is 117 Å². The van der Waals surface area contributed by atoms with Gasteiger partial charge in [0.25, 0.3) is 0 Å². The molecule has 4 heteroatoms. The number of nitrogens with one attached hydrogen (secondary N) is 2. The Morgan fingerprint density at radius 1 is 1.11 bits per heavy atom. The Hall–Kier alpha value is -0.280. The van der Waals surface area contributed by atoms with Crippen molar-refractivity contribution < 1.29 is 4.79 Å². The summed E-state index contributed by atoms with van der Waals surface area (Å²) in [5.41, 5.74) is 0. The van der Waals surface area contributed by atoms with Crippen molar-refractivity contribution >= 4 is 18.3 Å². The van der Waals surface area contributed by atoms with Crippen LogP contribution in [0.1, 0.15) is 52.4 Å². The monoisotopic (exact) mass is 274 g/mol. The minimum atomic E-state index is 0. The number of hydrogen-bond acceptors (Lipinski definition) is 2. The normalized spacial score (nSPS) is 36.6.